The number of anilines is 1. The van der Waals surface area contributed by atoms with Crippen LogP contribution in [-0.2, 0) is 9.59 Å². The molecule has 3 amide bonds. The number of rotatable bonds is 6. The van der Waals surface area contributed by atoms with Gasteiger partial charge in [0.15, 0.2) is 11.5 Å². The number of benzene rings is 2. The SMILES string of the molecule is CCOc1cc(/C=C2/SC(=O)N(CC(=O)Nc3ccc(Br)c(Cl)c3)C2=O)cc(Br)c1O. The Bertz CT molecular complexity index is 1110. The minimum atomic E-state index is -0.582. The van der Waals surface area contributed by atoms with Gasteiger partial charge in [0.1, 0.15) is 6.54 Å². The monoisotopic (exact) mass is 588 g/mol. The number of hydrogen-bond acceptors (Lipinski definition) is 6. The van der Waals surface area contributed by atoms with Gasteiger partial charge in [0, 0.05) is 10.2 Å². The average Bonchev–Trinajstić information content (AvgIpc) is 2.96. The summed E-state index contributed by atoms with van der Waals surface area (Å²) in [6, 6.07) is 8.01. The molecule has 0 bridgehead atoms. The van der Waals surface area contributed by atoms with Gasteiger partial charge in [0.25, 0.3) is 11.1 Å². The lowest BCUT2D eigenvalue weighted by molar-refractivity contribution is -0.127. The van der Waals surface area contributed by atoms with E-state index in [0.29, 0.717) is 31.8 Å². The van der Waals surface area contributed by atoms with Crippen LogP contribution in [0.2, 0.25) is 5.02 Å². The molecule has 0 unspecified atom stereocenters. The van der Waals surface area contributed by atoms with Crippen LogP contribution in [0, 0.1) is 0 Å². The number of hydrogen-bond donors (Lipinski definition) is 2. The normalized spacial score (nSPS) is 15.0. The third-order valence-corrected chi connectivity index (χ3v) is 6.77. The molecule has 0 atom stereocenters. The van der Waals surface area contributed by atoms with E-state index >= 15 is 0 Å². The van der Waals surface area contributed by atoms with E-state index in [-0.39, 0.29) is 16.4 Å². The Morgan fingerprint density at radius 3 is 2.68 bits per heavy atom. The fraction of sp³-hybridized carbons (Fsp3) is 0.150. The molecular weight excluding hydrogens is 576 g/mol. The lowest BCUT2D eigenvalue weighted by atomic mass is 10.2. The molecule has 1 aliphatic heterocycles. The van der Waals surface area contributed by atoms with Gasteiger partial charge in [-0.15, -0.1) is 0 Å². The van der Waals surface area contributed by atoms with Crippen molar-refractivity contribution in [3.05, 3.63) is 54.8 Å². The Morgan fingerprint density at radius 1 is 1.26 bits per heavy atom. The zero-order chi connectivity index (χ0) is 22.7. The second kappa shape index (κ2) is 10.1. The Labute approximate surface area is 204 Å². The van der Waals surface area contributed by atoms with Crippen LogP contribution < -0.4 is 10.1 Å². The molecule has 1 fully saturated rings. The Hall–Kier alpha value is -2.01. The maximum Gasteiger partial charge on any atom is 0.294 e. The number of imide groups is 1. The van der Waals surface area contributed by atoms with Crippen LogP contribution in [0.15, 0.2) is 44.2 Å². The summed E-state index contributed by atoms with van der Waals surface area (Å²) in [5.74, 6) is -0.930. The number of nitrogens with zero attached hydrogens (tertiary/aromatic N) is 1. The first kappa shape index (κ1) is 23.6. The number of halogens is 3. The van der Waals surface area contributed by atoms with E-state index in [4.69, 9.17) is 16.3 Å². The van der Waals surface area contributed by atoms with Crippen LogP contribution >= 0.6 is 55.2 Å². The van der Waals surface area contributed by atoms with Crippen molar-refractivity contribution in [2.24, 2.45) is 0 Å². The number of amides is 3. The molecule has 0 saturated carbocycles. The third kappa shape index (κ3) is 5.62. The quantitative estimate of drug-likeness (QED) is 0.423. The smallest absolute Gasteiger partial charge is 0.294 e. The highest BCUT2D eigenvalue weighted by molar-refractivity contribution is 9.10. The number of thioether (sulfide) groups is 1. The summed E-state index contributed by atoms with van der Waals surface area (Å²) in [6.07, 6.45) is 1.50. The van der Waals surface area contributed by atoms with E-state index in [2.05, 4.69) is 37.2 Å². The summed E-state index contributed by atoms with van der Waals surface area (Å²) >= 11 is 13.2. The first-order valence-electron chi connectivity index (χ1n) is 8.85. The lowest BCUT2D eigenvalue weighted by Crippen LogP contribution is -2.36. The molecule has 1 aliphatic rings. The van der Waals surface area contributed by atoms with Crippen LogP contribution in [0.25, 0.3) is 6.08 Å². The first-order valence-corrected chi connectivity index (χ1v) is 11.6. The number of aromatic hydroxyl groups is 1. The number of carbonyl (C=O) groups excluding carboxylic acids is 3. The topological polar surface area (TPSA) is 95.9 Å². The van der Waals surface area contributed by atoms with E-state index in [9.17, 15) is 19.5 Å². The molecule has 0 aliphatic carbocycles. The van der Waals surface area contributed by atoms with Crippen LogP contribution in [0.5, 0.6) is 11.5 Å². The van der Waals surface area contributed by atoms with Gasteiger partial charge >= 0.3 is 0 Å². The molecule has 7 nitrogen and oxygen atoms in total. The number of phenolic OH excluding ortho intramolecular Hbond substituents is 1. The molecule has 3 rings (SSSR count). The number of phenols is 1. The van der Waals surface area contributed by atoms with E-state index in [1.807, 2.05) is 0 Å². The highest BCUT2D eigenvalue weighted by Gasteiger charge is 2.36. The fourth-order valence-electron chi connectivity index (χ4n) is 2.65. The second-order valence-corrected chi connectivity index (χ2v) is 9.34. The van der Waals surface area contributed by atoms with Gasteiger partial charge in [-0.3, -0.25) is 19.3 Å². The van der Waals surface area contributed by atoms with Crippen LogP contribution in [0.3, 0.4) is 0 Å². The summed E-state index contributed by atoms with van der Waals surface area (Å²) < 4.78 is 6.44. The maximum absolute atomic E-state index is 12.7. The van der Waals surface area contributed by atoms with Crippen molar-refractivity contribution in [3.8, 4) is 11.5 Å². The molecule has 2 aromatic rings. The number of ether oxygens (including phenoxy) is 1. The average molecular weight is 591 g/mol. The van der Waals surface area contributed by atoms with Gasteiger partial charge in [-0.25, -0.2) is 0 Å². The van der Waals surface area contributed by atoms with Crippen molar-refractivity contribution in [3.63, 3.8) is 0 Å². The largest absolute Gasteiger partial charge is 0.503 e. The molecular formula is C20H15Br2ClN2O5S. The zero-order valence-electron chi connectivity index (χ0n) is 15.9. The summed E-state index contributed by atoms with van der Waals surface area (Å²) in [4.78, 5) is 38.3. The molecule has 2 N–H and O–H groups in total. The van der Waals surface area contributed by atoms with Gasteiger partial charge < -0.3 is 15.2 Å². The molecule has 0 radical (unpaired) electrons. The van der Waals surface area contributed by atoms with Gasteiger partial charge in [-0.05, 0) is 92.5 Å². The van der Waals surface area contributed by atoms with Gasteiger partial charge in [-0.2, -0.15) is 0 Å². The molecule has 0 spiro atoms. The van der Waals surface area contributed by atoms with Crippen molar-refractivity contribution >= 4 is 84.0 Å². The van der Waals surface area contributed by atoms with Crippen LogP contribution in [-0.4, -0.2) is 40.2 Å². The van der Waals surface area contributed by atoms with E-state index in [0.717, 1.165) is 16.7 Å². The highest BCUT2D eigenvalue weighted by Crippen LogP contribution is 2.38. The lowest BCUT2D eigenvalue weighted by Gasteiger charge is -2.13. The van der Waals surface area contributed by atoms with Gasteiger partial charge in [0.05, 0.1) is 21.0 Å². The number of nitrogens with one attached hydrogen (secondary N) is 1. The Balaban J connectivity index is 1.74. The third-order valence-electron chi connectivity index (χ3n) is 4.03. The molecule has 1 saturated heterocycles. The van der Waals surface area contributed by atoms with Crippen molar-refractivity contribution in [2.45, 2.75) is 6.92 Å². The van der Waals surface area contributed by atoms with E-state index in [1.54, 1.807) is 37.3 Å². The van der Waals surface area contributed by atoms with Gasteiger partial charge in [-0.1, -0.05) is 11.6 Å². The molecule has 31 heavy (non-hydrogen) atoms. The molecule has 11 heteroatoms. The summed E-state index contributed by atoms with van der Waals surface area (Å²) in [7, 11) is 0. The predicted molar refractivity (Wildman–Crippen MR) is 127 cm³/mol. The molecule has 0 aromatic heterocycles. The Morgan fingerprint density at radius 2 is 2.00 bits per heavy atom. The summed E-state index contributed by atoms with van der Waals surface area (Å²) in [6.45, 7) is 1.69. The predicted octanol–water partition coefficient (Wildman–Crippen LogP) is 5.64. The second-order valence-electron chi connectivity index (χ2n) is 6.23. The minimum Gasteiger partial charge on any atom is -0.503 e. The van der Waals surface area contributed by atoms with Crippen molar-refractivity contribution in [2.75, 3.05) is 18.5 Å². The van der Waals surface area contributed by atoms with E-state index in [1.165, 1.54) is 6.08 Å². The minimum absolute atomic E-state index is 0.0585. The fourth-order valence-corrected chi connectivity index (χ4v) is 4.37. The highest BCUT2D eigenvalue weighted by atomic mass is 79.9. The Kier molecular flexibility index (Phi) is 7.68. The van der Waals surface area contributed by atoms with Crippen molar-refractivity contribution in [1.29, 1.82) is 0 Å². The maximum atomic E-state index is 12.7. The zero-order valence-corrected chi connectivity index (χ0v) is 20.7. The van der Waals surface area contributed by atoms with Gasteiger partial charge in [0.2, 0.25) is 5.91 Å². The van der Waals surface area contributed by atoms with Crippen molar-refractivity contribution < 1.29 is 24.2 Å². The van der Waals surface area contributed by atoms with Crippen molar-refractivity contribution in [1.82, 2.24) is 4.90 Å². The van der Waals surface area contributed by atoms with Crippen LogP contribution in [0.1, 0.15) is 12.5 Å². The number of carbonyl (C=O) groups is 3. The van der Waals surface area contributed by atoms with Crippen LogP contribution in [0.4, 0.5) is 10.5 Å². The van der Waals surface area contributed by atoms with E-state index < -0.39 is 23.6 Å². The molecule has 162 valence electrons. The summed E-state index contributed by atoms with van der Waals surface area (Å²) in [5, 5.41) is 12.5. The molecule has 2 aromatic carbocycles. The standard InChI is InChI=1S/C20H15Br2ClN2O5S/c1-2-30-15-6-10(5-13(22)18(15)27)7-16-19(28)25(20(29)31-16)9-17(26)24-11-3-4-12(21)14(23)8-11/h3-8,27H,2,9H2,1H3,(H,24,26)/b16-7+. The first-order chi connectivity index (χ1) is 14.7. The summed E-state index contributed by atoms with van der Waals surface area (Å²) in [5.41, 5.74) is 0.991. The molecule has 1 heterocycles.